The largest absolute Gasteiger partial charge is 0.366 e. The molecule has 0 aromatic carbocycles. The third-order valence-corrected chi connectivity index (χ3v) is 4.30. The van der Waals surface area contributed by atoms with Crippen LogP contribution >= 0.6 is 0 Å². The van der Waals surface area contributed by atoms with Crippen LogP contribution in [-0.4, -0.2) is 70.2 Å². The Balaban J connectivity index is 1.56. The fourth-order valence-electron chi connectivity index (χ4n) is 2.79. The van der Waals surface area contributed by atoms with E-state index in [0.29, 0.717) is 38.1 Å². The number of aromatic amines is 1. The third-order valence-electron chi connectivity index (χ3n) is 4.30. The van der Waals surface area contributed by atoms with Gasteiger partial charge in [-0.05, 0) is 26.3 Å². The van der Waals surface area contributed by atoms with Gasteiger partial charge in [0, 0.05) is 19.0 Å². The maximum absolute atomic E-state index is 12.4. The zero-order valence-corrected chi connectivity index (χ0v) is 13.4. The van der Waals surface area contributed by atoms with Gasteiger partial charge in [0.25, 0.3) is 0 Å². The van der Waals surface area contributed by atoms with Gasteiger partial charge in [-0.25, -0.2) is 4.98 Å². The second-order valence-electron chi connectivity index (χ2n) is 6.24. The standard InChI is InChI=1S/C15H25N5O2/c1-3-4-13-16-15(18-17-13)12-9-20(7-8-22-12)14(21)10-19(2)11-5-6-11/h11-12H,3-10H2,1-2H3,(H,16,17,18)/t12-/m0/s1. The lowest BCUT2D eigenvalue weighted by Gasteiger charge is -2.32. The summed E-state index contributed by atoms with van der Waals surface area (Å²) in [6.07, 6.45) is 4.12. The fraction of sp³-hybridized carbons (Fsp3) is 0.800. The molecule has 122 valence electrons. The van der Waals surface area contributed by atoms with Gasteiger partial charge in [0.2, 0.25) is 5.91 Å². The number of nitrogens with zero attached hydrogens (tertiary/aromatic N) is 4. The Morgan fingerprint density at radius 2 is 2.32 bits per heavy atom. The molecule has 0 spiro atoms. The van der Waals surface area contributed by atoms with Crippen molar-refractivity contribution in [2.24, 2.45) is 0 Å². The second-order valence-corrected chi connectivity index (χ2v) is 6.24. The molecule has 2 fully saturated rings. The number of rotatable bonds is 6. The van der Waals surface area contributed by atoms with Crippen LogP contribution < -0.4 is 0 Å². The number of ether oxygens (including phenoxy) is 1. The summed E-state index contributed by atoms with van der Waals surface area (Å²) in [7, 11) is 2.03. The van der Waals surface area contributed by atoms with Gasteiger partial charge < -0.3 is 9.64 Å². The normalized spacial score (nSPS) is 22.3. The Morgan fingerprint density at radius 3 is 3.05 bits per heavy atom. The molecule has 1 aromatic heterocycles. The highest BCUT2D eigenvalue weighted by atomic mass is 16.5. The number of carbonyl (C=O) groups is 1. The minimum Gasteiger partial charge on any atom is -0.366 e. The highest BCUT2D eigenvalue weighted by Crippen LogP contribution is 2.25. The van der Waals surface area contributed by atoms with Crippen LogP contribution in [0.5, 0.6) is 0 Å². The molecule has 7 nitrogen and oxygen atoms in total. The highest BCUT2D eigenvalue weighted by molar-refractivity contribution is 5.78. The number of H-pyrrole nitrogens is 1. The van der Waals surface area contributed by atoms with Crippen LogP contribution in [-0.2, 0) is 16.0 Å². The first-order valence-electron chi connectivity index (χ1n) is 8.18. The van der Waals surface area contributed by atoms with E-state index < -0.39 is 0 Å². The van der Waals surface area contributed by atoms with Gasteiger partial charge in [-0.3, -0.25) is 14.8 Å². The number of amides is 1. The van der Waals surface area contributed by atoms with Gasteiger partial charge in [0.15, 0.2) is 5.82 Å². The fourth-order valence-corrected chi connectivity index (χ4v) is 2.79. The summed E-state index contributed by atoms with van der Waals surface area (Å²) in [6.45, 7) is 4.34. The minimum atomic E-state index is -0.217. The van der Waals surface area contributed by atoms with E-state index in [1.807, 2.05) is 11.9 Å². The second kappa shape index (κ2) is 6.75. The summed E-state index contributed by atoms with van der Waals surface area (Å²) >= 11 is 0. The van der Waals surface area contributed by atoms with Crippen LogP contribution in [0.1, 0.15) is 43.9 Å². The molecule has 22 heavy (non-hydrogen) atoms. The third kappa shape index (κ3) is 3.64. The molecule has 1 amide bonds. The summed E-state index contributed by atoms with van der Waals surface area (Å²) in [4.78, 5) is 20.9. The molecule has 0 bridgehead atoms. The van der Waals surface area contributed by atoms with Crippen LogP contribution in [0.4, 0.5) is 0 Å². The molecule has 2 heterocycles. The topological polar surface area (TPSA) is 74.3 Å². The summed E-state index contributed by atoms with van der Waals surface area (Å²) < 4.78 is 5.75. The van der Waals surface area contributed by atoms with E-state index in [1.165, 1.54) is 12.8 Å². The summed E-state index contributed by atoms with van der Waals surface area (Å²) in [5.74, 6) is 1.72. The van der Waals surface area contributed by atoms with Crippen molar-refractivity contribution in [1.82, 2.24) is 25.0 Å². The zero-order chi connectivity index (χ0) is 15.5. The monoisotopic (exact) mass is 307 g/mol. The molecular weight excluding hydrogens is 282 g/mol. The molecule has 7 heteroatoms. The van der Waals surface area contributed by atoms with Crippen molar-refractivity contribution >= 4 is 5.91 Å². The Kier molecular flexibility index (Phi) is 4.73. The van der Waals surface area contributed by atoms with Gasteiger partial charge >= 0.3 is 0 Å². The first-order chi connectivity index (χ1) is 10.7. The van der Waals surface area contributed by atoms with Crippen LogP contribution in [0, 0.1) is 0 Å². The number of hydrogen-bond donors (Lipinski definition) is 1. The molecule has 1 aromatic rings. The van der Waals surface area contributed by atoms with Crippen LogP contribution in [0.3, 0.4) is 0 Å². The first-order valence-corrected chi connectivity index (χ1v) is 8.18. The smallest absolute Gasteiger partial charge is 0.236 e. The molecular formula is C15H25N5O2. The number of aromatic nitrogens is 3. The maximum atomic E-state index is 12.4. The van der Waals surface area contributed by atoms with Gasteiger partial charge in [0.05, 0.1) is 19.7 Å². The minimum absolute atomic E-state index is 0.173. The molecule has 1 N–H and O–H groups in total. The van der Waals surface area contributed by atoms with Crippen LogP contribution in [0.15, 0.2) is 0 Å². The number of likely N-dealkylation sites (N-methyl/N-ethyl adjacent to an activating group) is 1. The predicted octanol–water partition coefficient (Wildman–Crippen LogP) is 0.751. The molecule has 1 aliphatic heterocycles. The Hall–Kier alpha value is -1.47. The molecule has 1 saturated heterocycles. The van der Waals surface area contributed by atoms with E-state index in [9.17, 15) is 4.79 Å². The molecule has 0 radical (unpaired) electrons. The summed E-state index contributed by atoms with van der Waals surface area (Å²) in [5.41, 5.74) is 0. The van der Waals surface area contributed by atoms with Crippen LogP contribution in [0.25, 0.3) is 0 Å². The van der Waals surface area contributed by atoms with Crippen molar-refractivity contribution in [1.29, 1.82) is 0 Å². The Labute approximate surface area is 131 Å². The van der Waals surface area contributed by atoms with Gasteiger partial charge in [-0.1, -0.05) is 6.92 Å². The van der Waals surface area contributed by atoms with E-state index >= 15 is 0 Å². The average Bonchev–Trinajstić information content (AvgIpc) is 3.28. The quantitative estimate of drug-likeness (QED) is 0.839. The number of hydrogen-bond acceptors (Lipinski definition) is 5. The highest BCUT2D eigenvalue weighted by Gasteiger charge is 2.31. The zero-order valence-electron chi connectivity index (χ0n) is 13.4. The van der Waals surface area contributed by atoms with E-state index in [1.54, 1.807) is 0 Å². The van der Waals surface area contributed by atoms with Crippen molar-refractivity contribution in [3.05, 3.63) is 11.6 Å². The first kappa shape index (κ1) is 15.4. The molecule has 1 saturated carbocycles. The van der Waals surface area contributed by atoms with Crippen molar-refractivity contribution in [3.63, 3.8) is 0 Å². The van der Waals surface area contributed by atoms with E-state index in [-0.39, 0.29) is 12.0 Å². The van der Waals surface area contributed by atoms with Gasteiger partial charge in [0.1, 0.15) is 11.9 Å². The average molecular weight is 307 g/mol. The Bertz CT molecular complexity index is 514. The number of aryl methyl sites for hydroxylation is 1. The molecule has 2 aliphatic rings. The summed E-state index contributed by atoms with van der Waals surface area (Å²) in [6, 6.07) is 0.602. The van der Waals surface area contributed by atoms with E-state index in [2.05, 4.69) is 27.0 Å². The van der Waals surface area contributed by atoms with Crippen molar-refractivity contribution < 1.29 is 9.53 Å². The van der Waals surface area contributed by atoms with Crippen LogP contribution in [0.2, 0.25) is 0 Å². The Morgan fingerprint density at radius 1 is 1.50 bits per heavy atom. The van der Waals surface area contributed by atoms with Crippen molar-refractivity contribution in [2.45, 2.75) is 44.8 Å². The number of nitrogens with one attached hydrogen (secondary N) is 1. The van der Waals surface area contributed by atoms with Gasteiger partial charge in [-0.2, -0.15) is 5.10 Å². The maximum Gasteiger partial charge on any atom is 0.236 e. The number of morpholine rings is 1. The lowest BCUT2D eigenvalue weighted by Crippen LogP contribution is -2.46. The van der Waals surface area contributed by atoms with E-state index in [4.69, 9.17) is 4.74 Å². The van der Waals surface area contributed by atoms with Gasteiger partial charge in [-0.15, -0.1) is 0 Å². The SMILES string of the molecule is CCCc1nc([C@@H]2CN(C(=O)CN(C)C3CC3)CCO2)n[nH]1. The molecule has 0 unspecified atom stereocenters. The van der Waals surface area contributed by atoms with Crippen molar-refractivity contribution in [3.8, 4) is 0 Å². The molecule has 1 atom stereocenters. The summed E-state index contributed by atoms with van der Waals surface area (Å²) in [5, 5.41) is 7.19. The van der Waals surface area contributed by atoms with E-state index in [0.717, 1.165) is 18.7 Å². The lowest BCUT2D eigenvalue weighted by molar-refractivity contribution is -0.140. The van der Waals surface area contributed by atoms with Crippen molar-refractivity contribution in [2.75, 3.05) is 33.3 Å². The predicted molar refractivity (Wildman–Crippen MR) is 81.3 cm³/mol. The molecule has 1 aliphatic carbocycles. The number of carbonyl (C=O) groups excluding carboxylic acids is 1. The molecule has 3 rings (SSSR count). The lowest BCUT2D eigenvalue weighted by atomic mass is 10.2.